The predicted molar refractivity (Wildman–Crippen MR) is 51.5 cm³/mol. The minimum absolute atomic E-state index is 0.606. The monoisotopic (exact) mass is 179 g/mol. The fourth-order valence-electron chi connectivity index (χ4n) is 1.84. The van der Waals surface area contributed by atoms with Gasteiger partial charge in [-0.25, -0.2) is 0 Å². The van der Waals surface area contributed by atoms with Gasteiger partial charge in [0.2, 0.25) is 0 Å². The lowest BCUT2D eigenvalue weighted by Gasteiger charge is -2.10. The zero-order valence-electron chi connectivity index (χ0n) is 8.40. The highest BCUT2D eigenvalue weighted by Crippen LogP contribution is 2.41. The molecular weight excluding hydrogens is 162 g/mol. The van der Waals surface area contributed by atoms with Crippen molar-refractivity contribution in [2.75, 3.05) is 0 Å². The molecule has 0 amide bonds. The first-order chi connectivity index (χ1) is 6.33. The van der Waals surface area contributed by atoms with Gasteiger partial charge < -0.3 is 4.57 Å². The Bertz CT molecular complexity index is 275. The molecule has 1 aliphatic carbocycles. The Labute approximate surface area is 79.2 Å². The maximum Gasteiger partial charge on any atom is 0.135 e. The van der Waals surface area contributed by atoms with Gasteiger partial charge in [0, 0.05) is 12.5 Å². The van der Waals surface area contributed by atoms with Crippen molar-refractivity contribution in [1.82, 2.24) is 14.8 Å². The molecule has 0 spiro atoms. The maximum atomic E-state index is 4.21. The van der Waals surface area contributed by atoms with Crippen LogP contribution in [0.25, 0.3) is 0 Å². The van der Waals surface area contributed by atoms with Gasteiger partial charge in [0.05, 0.1) is 0 Å². The van der Waals surface area contributed by atoms with Crippen molar-refractivity contribution in [2.45, 2.75) is 45.6 Å². The van der Waals surface area contributed by atoms with Gasteiger partial charge in [-0.05, 0) is 25.2 Å². The van der Waals surface area contributed by atoms with Crippen molar-refractivity contribution in [3.63, 3.8) is 0 Å². The topological polar surface area (TPSA) is 30.7 Å². The molecule has 1 aromatic rings. The van der Waals surface area contributed by atoms with Gasteiger partial charge in [-0.2, -0.15) is 0 Å². The highest BCUT2D eigenvalue weighted by atomic mass is 15.3. The Morgan fingerprint density at radius 1 is 1.62 bits per heavy atom. The van der Waals surface area contributed by atoms with E-state index in [-0.39, 0.29) is 0 Å². The highest BCUT2D eigenvalue weighted by molar-refractivity contribution is 5.01. The predicted octanol–water partition coefficient (Wildman–Crippen LogP) is 2.20. The lowest BCUT2D eigenvalue weighted by atomic mass is 10.1. The van der Waals surface area contributed by atoms with Crippen molar-refractivity contribution < 1.29 is 0 Å². The quantitative estimate of drug-likeness (QED) is 0.709. The molecule has 1 fully saturated rings. The van der Waals surface area contributed by atoms with Crippen LogP contribution >= 0.6 is 0 Å². The summed E-state index contributed by atoms with van der Waals surface area (Å²) in [5.41, 5.74) is 0. The van der Waals surface area contributed by atoms with Crippen LogP contribution in [0.4, 0.5) is 0 Å². The highest BCUT2D eigenvalue weighted by Gasteiger charge is 2.31. The molecule has 3 nitrogen and oxygen atoms in total. The van der Waals surface area contributed by atoms with E-state index in [1.54, 1.807) is 0 Å². The van der Waals surface area contributed by atoms with Crippen molar-refractivity contribution in [3.05, 3.63) is 12.2 Å². The molecule has 2 rings (SSSR count). The Hall–Kier alpha value is -0.860. The molecule has 0 aliphatic heterocycles. The van der Waals surface area contributed by atoms with Gasteiger partial charge in [-0.3, -0.25) is 0 Å². The molecule has 13 heavy (non-hydrogen) atoms. The second kappa shape index (κ2) is 3.48. The Morgan fingerprint density at radius 2 is 2.38 bits per heavy atom. The Kier molecular flexibility index (Phi) is 2.34. The first-order valence-corrected chi connectivity index (χ1v) is 5.20. The van der Waals surface area contributed by atoms with Crippen LogP contribution in [0.1, 0.15) is 44.9 Å². The van der Waals surface area contributed by atoms with E-state index in [4.69, 9.17) is 0 Å². The lowest BCUT2D eigenvalue weighted by Crippen LogP contribution is -2.07. The third-order valence-electron chi connectivity index (χ3n) is 2.85. The minimum atomic E-state index is 0.606. The molecule has 0 N–H and O–H groups in total. The number of hydrogen-bond donors (Lipinski definition) is 0. The van der Waals surface area contributed by atoms with Crippen LogP contribution < -0.4 is 0 Å². The summed E-state index contributed by atoms with van der Waals surface area (Å²) >= 11 is 0. The number of aromatic nitrogens is 3. The van der Waals surface area contributed by atoms with Crippen LogP contribution in [0.2, 0.25) is 0 Å². The van der Waals surface area contributed by atoms with Crippen molar-refractivity contribution in [2.24, 2.45) is 5.92 Å². The summed E-state index contributed by atoms with van der Waals surface area (Å²) in [6.45, 7) is 5.51. The molecule has 72 valence electrons. The zero-order valence-corrected chi connectivity index (χ0v) is 8.40. The van der Waals surface area contributed by atoms with Crippen LogP contribution in [0.15, 0.2) is 6.33 Å². The van der Waals surface area contributed by atoms with Gasteiger partial charge in [0.1, 0.15) is 12.2 Å². The molecule has 1 aliphatic rings. The van der Waals surface area contributed by atoms with E-state index >= 15 is 0 Å². The standard InChI is InChI=1S/C10H17N3/c1-3-6-13-7-11-12-10(13)8(2)9-4-5-9/h7-9H,3-6H2,1-2H3. The summed E-state index contributed by atoms with van der Waals surface area (Å²) < 4.78 is 2.20. The van der Waals surface area contributed by atoms with Crippen LogP contribution in [0.3, 0.4) is 0 Å². The fraction of sp³-hybridized carbons (Fsp3) is 0.800. The number of nitrogens with zero attached hydrogens (tertiary/aromatic N) is 3. The fourth-order valence-corrected chi connectivity index (χ4v) is 1.84. The molecule has 1 unspecified atom stereocenters. The maximum absolute atomic E-state index is 4.21. The number of aryl methyl sites for hydroxylation is 1. The largest absolute Gasteiger partial charge is 0.317 e. The van der Waals surface area contributed by atoms with E-state index in [0.717, 1.165) is 18.9 Å². The SMILES string of the molecule is CCCn1cnnc1C(C)C1CC1. The number of rotatable bonds is 4. The van der Waals surface area contributed by atoms with E-state index in [1.807, 2.05) is 6.33 Å². The van der Waals surface area contributed by atoms with Crippen LogP contribution in [0, 0.1) is 5.92 Å². The lowest BCUT2D eigenvalue weighted by molar-refractivity contribution is 0.552. The summed E-state index contributed by atoms with van der Waals surface area (Å²) in [7, 11) is 0. The molecule has 0 radical (unpaired) electrons. The van der Waals surface area contributed by atoms with Crippen LogP contribution in [0.5, 0.6) is 0 Å². The van der Waals surface area contributed by atoms with E-state index in [9.17, 15) is 0 Å². The van der Waals surface area contributed by atoms with Crippen LogP contribution in [-0.4, -0.2) is 14.8 Å². The Morgan fingerprint density at radius 3 is 3.00 bits per heavy atom. The van der Waals surface area contributed by atoms with Crippen molar-refractivity contribution in [3.8, 4) is 0 Å². The molecule has 0 saturated heterocycles. The van der Waals surface area contributed by atoms with E-state index in [2.05, 4.69) is 28.6 Å². The molecule has 1 aromatic heterocycles. The van der Waals surface area contributed by atoms with Crippen molar-refractivity contribution in [1.29, 1.82) is 0 Å². The summed E-state index contributed by atoms with van der Waals surface area (Å²) in [6.07, 6.45) is 5.76. The molecule has 1 saturated carbocycles. The van der Waals surface area contributed by atoms with Gasteiger partial charge in [-0.1, -0.05) is 13.8 Å². The first kappa shape index (κ1) is 8.73. The molecule has 3 heteroatoms. The van der Waals surface area contributed by atoms with Gasteiger partial charge in [0.25, 0.3) is 0 Å². The molecule has 1 heterocycles. The van der Waals surface area contributed by atoms with Gasteiger partial charge >= 0.3 is 0 Å². The van der Waals surface area contributed by atoms with E-state index in [1.165, 1.54) is 18.7 Å². The van der Waals surface area contributed by atoms with E-state index in [0.29, 0.717) is 5.92 Å². The first-order valence-electron chi connectivity index (χ1n) is 5.20. The van der Waals surface area contributed by atoms with Gasteiger partial charge in [0.15, 0.2) is 0 Å². The molecular formula is C10H17N3. The smallest absolute Gasteiger partial charge is 0.135 e. The number of hydrogen-bond acceptors (Lipinski definition) is 2. The Balaban J connectivity index is 2.12. The molecule has 0 aromatic carbocycles. The minimum Gasteiger partial charge on any atom is -0.317 e. The average molecular weight is 179 g/mol. The second-order valence-electron chi connectivity index (χ2n) is 4.01. The van der Waals surface area contributed by atoms with Crippen molar-refractivity contribution >= 4 is 0 Å². The normalized spacial score (nSPS) is 18.9. The average Bonchev–Trinajstić information content (AvgIpc) is 2.87. The second-order valence-corrected chi connectivity index (χ2v) is 4.01. The van der Waals surface area contributed by atoms with E-state index < -0.39 is 0 Å². The summed E-state index contributed by atoms with van der Waals surface area (Å²) in [5, 5.41) is 8.19. The third-order valence-corrected chi connectivity index (χ3v) is 2.85. The third kappa shape index (κ3) is 1.74. The zero-order chi connectivity index (χ0) is 9.26. The van der Waals surface area contributed by atoms with Crippen LogP contribution in [-0.2, 0) is 6.54 Å². The molecule has 1 atom stereocenters. The summed E-state index contributed by atoms with van der Waals surface area (Å²) in [6, 6.07) is 0. The molecule has 0 bridgehead atoms. The summed E-state index contributed by atoms with van der Waals surface area (Å²) in [4.78, 5) is 0. The summed E-state index contributed by atoms with van der Waals surface area (Å²) in [5.74, 6) is 2.67. The van der Waals surface area contributed by atoms with Gasteiger partial charge in [-0.15, -0.1) is 10.2 Å².